The molecule has 0 radical (unpaired) electrons. The van der Waals surface area contributed by atoms with E-state index in [0.29, 0.717) is 22.8 Å². The second-order valence-electron chi connectivity index (χ2n) is 5.74. The number of carbonyl (C=O) groups excluding carboxylic acids is 1. The fourth-order valence-electron chi connectivity index (χ4n) is 3.03. The highest BCUT2D eigenvalue weighted by molar-refractivity contribution is 7.92. The molecule has 1 aliphatic heterocycles. The number of carbonyl (C=O) groups is 1. The van der Waals surface area contributed by atoms with Crippen LogP contribution in [0.2, 0.25) is 0 Å². The number of ether oxygens (including phenoxy) is 3. The van der Waals surface area contributed by atoms with E-state index in [2.05, 4.69) is 5.32 Å². The molecule has 3 rings (SSSR count). The van der Waals surface area contributed by atoms with Crippen molar-refractivity contribution in [2.45, 2.75) is 16.6 Å². The molecular formula is C18H19NO6S. The molecule has 0 aromatic heterocycles. The van der Waals surface area contributed by atoms with Crippen molar-refractivity contribution in [1.82, 2.24) is 0 Å². The third-order valence-electron chi connectivity index (χ3n) is 4.27. The van der Waals surface area contributed by atoms with Crippen molar-refractivity contribution in [3.63, 3.8) is 0 Å². The zero-order chi connectivity index (χ0) is 18.9. The van der Waals surface area contributed by atoms with E-state index in [0.717, 1.165) is 0 Å². The summed E-state index contributed by atoms with van der Waals surface area (Å²) in [7, 11) is 0.553. The minimum atomic E-state index is -3.81. The van der Waals surface area contributed by atoms with E-state index in [-0.39, 0.29) is 22.9 Å². The number of hydrogen-bond acceptors (Lipinski definition) is 6. The van der Waals surface area contributed by atoms with Crippen LogP contribution in [0, 0.1) is 0 Å². The Labute approximate surface area is 151 Å². The lowest BCUT2D eigenvalue weighted by Gasteiger charge is -2.19. The lowest BCUT2D eigenvalue weighted by Crippen LogP contribution is -2.17. The highest BCUT2D eigenvalue weighted by atomic mass is 32.2. The zero-order valence-electron chi connectivity index (χ0n) is 14.6. The lowest BCUT2D eigenvalue weighted by molar-refractivity contribution is -0.116. The standard InChI is InChI=1S/C18H19NO6S/c1-23-13-8-11(9-14(24-2)18(13)25-3)16-10-17(20)19-12-6-4-5-7-15(12)26(16,21)22/h4-9,16H,10H2,1-3H3,(H,19,20)/t16-/m0/s1. The molecular weight excluding hydrogens is 358 g/mol. The third-order valence-corrected chi connectivity index (χ3v) is 6.43. The number of hydrogen-bond donors (Lipinski definition) is 1. The predicted octanol–water partition coefficient (Wildman–Crippen LogP) is 2.57. The van der Waals surface area contributed by atoms with Gasteiger partial charge in [-0.3, -0.25) is 4.79 Å². The van der Waals surface area contributed by atoms with Gasteiger partial charge in [0.1, 0.15) is 0 Å². The van der Waals surface area contributed by atoms with Gasteiger partial charge in [0.2, 0.25) is 11.7 Å². The monoisotopic (exact) mass is 377 g/mol. The molecule has 0 unspecified atom stereocenters. The second-order valence-corrected chi connectivity index (χ2v) is 7.84. The minimum Gasteiger partial charge on any atom is -0.493 e. The van der Waals surface area contributed by atoms with Gasteiger partial charge in [0.05, 0.1) is 37.2 Å². The summed E-state index contributed by atoms with van der Waals surface area (Å²) in [5, 5.41) is 1.58. The van der Waals surface area contributed by atoms with Crippen LogP contribution < -0.4 is 19.5 Å². The Hall–Kier alpha value is -2.74. The van der Waals surface area contributed by atoms with Gasteiger partial charge in [-0.2, -0.15) is 0 Å². The van der Waals surface area contributed by atoms with Crippen molar-refractivity contribution in [3.8, 4) is 17.2 Å². The van der Waals surface area contributed by atoms with E-state index in [4.69, 9.17) is 14.2 Å². The molecule has 2 aromatic rings. The maximum Gasteiger partial charge on any atom is 0.226 e. The Bertz CT molecular complexity index is 929. The number of methoxy groups -OCH3 is 3. The number of rotatable bonds is 4. The van der Waals surface area contributed by atoms with Gasteiger partial charge in [-0.05, 0) is 29.8 Å². The summed E-state index contributed by atoms with van der Waals surface area (Å²) in [6.45, 7) is 0. The summed E-state index contributed by atoms with van der Waals surface area (Å²) in [5.74, 6) is 0.636. The lowest BCUT2D eigenvalue weighted by atomic mass is 10.1. The Kier molecular flexibility index (Phi) is 4.78. The van der Waals surface area contributed by atoms with Crippen LogP contribution >= 0.6 is 0 Å². The molecule has 138 valence electrons. The first-order chi connectivity index (χ1) is 12.4. The van der Waals surface area contributed by atoms with Gasteiger partial charge in [-0.25, -0.2) is 8.42 Å². The predicted molar refractivity (Wildman–Crippen MR) is 95.7 cm³/mol. The van der Waals surface area contributed by atoms with Crippen LogP contribution in [0.4, 0.5) is 5.69 Å². The van der Waals surface area contributed by atoms with E-state index < -0.39 is 15.1 Å². The van der Waals surface area contributed by atoms with Gasteiger partial charge in [0.15, 0.2) is 21.3 Å². The average molecular weight is 377 g/mol. The summed E-state index contributed by atoms with van der Waals surface area (Å²) in [6.07, 6.45) is -0.213. The Balaban J connectivity index is 2.21. The van der Waals surface area contributed by atoms with Crippen molar-refractivity contribution < 1.29 is 27.4 Å². The molecule has 26 heavy (non-hydrogen) atoms. The molecule has 8 heteroatoms. The van der Waals surface area contributed by atoms with Gasteiger partial charge >= 0.3 is 0 Å². The number of para-hydroxylation sites is 1. The van der Waals surface area contributed by atoms with Gasteiger partial charge in [0.25, 0.3) is 0 Å². The maximum absolute atomic E-state index is 13.2. The third kappa shape index (κ3) is 2.96. The van der Waals surface area contributed by atoms with E-state index in [9.17, 15) is 13.2 Å². The first kappa shape index (κ1) is 18.1. The molecule has 1 atom stereocenters. The SMILES string of the molecule is COc1cc([C@@H]2CC(=O)Nc3ccccc3S2(=O)=O)cc(OC)c1OC. The molecule has 0 saturated heterocycles. The van der Waals surface area contributed by atoms with Gasteiger partial charge in [-0.15, -0.1) is 0 Å². The Morgan fingerprint density at radius 1 is 1.00 bits per heavy atom. The number of fused-ring (bicyclic) bond motifs is 1. The molecule has 1 aliphatic rings. The van der Waals surface area contributed by atoms with E-state index >= 15 is 0 Å². The Morgan fingerprint density at radius 2 is 1.62 bits per heavy atom. The van der Waals surface area contributed by atoms with Crippen LogP contribution in [-0.4, -0.2) is 35.7 Å². The maximum atomic E-state index is 13.2. The zero-order valence-corrected chi connectivity index (χ0v) is 15.4. The van der Waals surface area contributed by atoms with Crippen molar-refractivity contribution >= 4 is 21.4 Å². The summed E-state index contributed by atoms with van der Waals surface area (Å²) >= 11 is 0. The van der Waals surface area contributed by atoms with Crippen LogP contribution in [0.1, 0.15) is 17.2 Å². The van der Waals surface area contributed by atoms with Crippen molar-refractivity contribution in [3.05, 3.63) is 42.0 Å². The molecule has 1 N–H and O–H groups in total. The second kappa shape index (κ2) is 6.87. The van der Waals surface area contributed by atoms with E-state index in [1.807, 2.05) is 0 Å². The minimum absolute atomic E-state index is 0.0876. The number of nitrogens with one attached hydrogen (secondary N) is 1. The molecule has 1 amide bonds. The van der Waals surface area contributed by atoms with Crippen LogP contribution in [0.5, 0.6) is 17.2 Å². The number of amides is 1. The largest absolute Gasteiger partial charge is 0.493 e. The fourth-order valence-corrected chi connectivity index (χ4v) is 4.90. The van der Waals surface area contributed by atoms with E-state index in [1.165, 1.54) is 27.4 Å². The molecule has 7 nitrogen and oxygen atoms in total. The van der Waals surface area contributed by atoms with Crippen molar-refractivity contribution in [1.29, 1.82) is 0 Å². The van der Waals surface area contributed by atoms with Gasteiger partial charge < -0.3 is 19.5 Å². The number of sulfone groups is 1. The summed E-state index contributed by atoms with van der Waals surface area (Å²) in [5.41, 5.74) is 0.679. The molecule has 0 spiro atoms. The molecule has 0 bridgehead atoms. The normalized spacial score (nSPS) is 18.3. The van der Waals surface area contributed by atoms with Crippen LogP contribution in [0.25, 0.3) is 0 Å². The first-order valence-corrected chi connectivity index (χ1v) is 9.39. The van der Waals surface area contributed by atoms with Crippen LogP contribution in [0.3, 0.4) is 0 Å². The van der Waals surface area contributed by atoms with Crippen molar-refractivity contribution in [2.24, 2.45) is 0 Å². The summed E-state index contributed by atoms with van der Waals surface area (Å²) < 4.78 is 42.3. The summed E-state index contributed by atoms with van der Waals surface area (Å²) in [6, 6.07) is 9.48. The molecule has 0 aliphatic carbocycles. The van der Waals surface area contributed by atoms with Crippen molar-refractivity contribution in [2.75, 3.05) is 26.6 Å². The first-order valence-electron chi connectivity index (χ1n) is 7.85. The topological polar surface area (TPSA) is 90.9 Å². The average Bonchev–Trinajstić information content (AvgIpc) is 2.74. The molecule has 2 aromatic carbocycles. The Morgan fingerprint density at radius 3 is 2.19 bits per heavy atom. The van der Waals surface area contributed by atoms with Crippen LogP contribution in [0.15, 0.2) is 41.3 Å². The van der Waals surface area contributed by atoms with Gasteiger partial charge in [-0.1, -0.05) is 12.1 Å². The number of anilines is 1. The fraction of sp³-hybridized carbons (Fsp3) is 0.278. The van der Waals surface area contributed by atoms with E-state index in [1.54, 1.807) is 30.3 Å². The summed E-state index contributed by atoms with van der Waals surface area (Å²) in [4.78, 5) is 12.4. The highest BCUT2D eigenvalue weighted by Gasteiger charge is 2.37. The van der Waals surface area contributed by atoms with Crippen LogP contribution in [-0.2, 0) is 14.6 Å². The molecule has 0 saturated carbocycles. The molecule has 0 fully saturated rings. The van der Waals surface area contributed by atoms with Gasteiger partial charge in [0, 0.05) is 6.42 Å². The number of benzene rings is 2. The molecule has 1 heterocycles. The highest BCUT2D eigenvalue weighted by Crippen LogP contribution is 2.44. The quantitative estimate of drug-likeness (QED) is 0.881. The smallest absolute Gasteiger partial charge is 0.226 e.